The van der Waals surface area contributed by atoms with Crippen molar-refractivity contribution < 1.29 is 0 Å². The largest absolute Gasteiger partial charge is 0.328 e. The summed E-state index contributed by atoms with van der Waals surface area (Å²) in [5.41, 5.74) is 10.0. The number of aryl methyl sites for hydroxylation is 2. The third kappa shape index (κ3) is 5.13. The number of rotatable bonds is 6. The van der Waals surface area contributed by atoms with E-state index in [2.05, 4.69) is 44.7 Å². The molecule has 0 aliphatic heterocycles. The van der Waals surface area contributed by atoms with E-state index in [0.717, 1.165) is 25.7 Å². The number of hydrogen-bond acceptors (Lipinski definition) is 1. The number of hydrogen-bond donors (Lipinski definition) is 1. The van der Waals surface area contributed by atoms with Gasteiger partial charge in [0, 0.05) is 6.04 Å². The lowest BCUT2D eigenvalue weighted by molar-refractivity contribution is 0.567. The molecule has 0 amide bonds. The second-order valence-corrected chi connectivity index (χ2v) is 4.78. The minimum Gasteiger partial charge on any atom is -0.328 e. The van der Waals surface area contributed by atoms with Crippen LogP contribution in [0.4, 0.5) is 0 Å². The van der Waals surface area contributed by atoms with Gasteiger partial charge in [-0.15, -0.1) is 6.58 Å². The fourth-order valence-electron chi connectivity index (χ4n) is 1.80. The van der Waals surface area contributed by atoms with Crippen LogP contribution >= 0.6 is 0 Å². The summed E-state index contributed by atoms with van der Waals surface area (Å²) < 4.78 is 0. The van der Waals surface area contributed by atoms with Crippen LogP contribution in [-0.2, 0) is 6.42 Å². The standard InChI is InChI=1S/C15H23N/c1-12(2)7-9-15(16)10-8-14-6-4-5-13(3)11-14/h4-6,11,15H,1,7-10,16H2,2-3H3. The molecule has 0 saturated heterocycles. The highest BCUT2D eigenvalue weighted by atomic mass is 14.6. The van der Waals surface area contributed by atoms with Crippen LogP contribution in [0.25, 0.3) is 0 Å². The fraction of sp³-hybridized carbons (Fsp3) is 0.467. The van der Waals surface area contributed by atoms with E-state index in [1.807, 2.05) is 0 Å². The smallest absolute Gasteiger partial charge is 0.00450 e. The Labute approximate surface area is 99.4 Å². The Morgan fingerprint density at radius 2 is 2.12 bits per heavy atom. The molecular weight excluding hydrogens is 194 g/mol. The second-order valence-electron chi connectivity index (χ2n) is 4.78. The quantitative estimate of drug-likeness (QED) is 0.724. The first kappa shape index (κ1) is 13.0. The van der Waals surface area contributed by atoms with Crippen molar-refractivity contribution in [2.75, 3.05) is 0 Å². The Morgan fingerprint density at radius 1 is 1.38 bits per heavy atom. The predicted octanol–water partition coefficient (Wildman–Crippen LogP) is 3.61. The Morgan fingerprint density at radius 3 is 2.75 bits per heavy atom. The minimum absolute atomic E-state index is 0.303. The van der Waals surface area contributed by atoms with Gasteiger partial charge in [-0.1, -0.05) is 35.4 Å². The molecule has 0 fully saturated rings. The summed E-state index contributed by atoms with van der Waals surface area (Å²) in [7, 11) is 0. The van der Waals surface area contributed by atoms with Gasteiger partial charge >= 0.3 is 0 Å². The zero-order valence-corrected chi connectivity index (χ0v) is 10.5. The number of allylic oxidation sites excluding steroid dienone is 1. The summed E-state index contributed by atoms with van der Waals surface area (Å²) in [6, 6.07) is 8.97. The first-order valence-electron chi connectivity index (χ1n) is 6.03. The molecule has 0 aromatic heterocycles. The van der Waals surface area contributed by atoms with Gasteiger partial charge in [-0.05, 0) is 45.1 Å². The fourth-order valence-corrected chi connectivity index (χ4v) is 1.80. The van der Waals surface area contributed by atoms with Crippen molar-refractivity contribution in [2.24, 2.45) is 5.73 Å². The Bertz CT molecular complexity index is 341. The average molecular weight is 217 g/mol. The van der Waals surface area contributed by atoms with Crippen LogP contribution in [0.1, 0.15) is 37.3 Å². The highest BCUT2D eigenvalue weighted by Crippen LogP contribution is 2.11. The van der Waals surface area contributed by atoms with Crippen LogP contribution in [0.2, 0.25) is 0 Å². The molecule has 0 aliphatic carbocycles. The van der Waals surface area contributed by atoms with E-state index < -0.39 is 0 Å². The Balaban J connectivity index is 2.31. The summed E-state index contributed by atoms with van der Waals surface area (Å²) in [5, 5.41) is 0. The van der Waals surface area contributed by atoms with Crippen LogP contribution < -0.4 is 5.73 Å². The van der Waals surface area contributed by atoms with Gasteiger partial charge in [0.15, 0.2) is 0 Å². The maximum Gasteiger partial charge on any atom is 0.00450 e. The molecule has 88 valence electrons. The average Bonchev–Trinajstić information content (AvgIpc) is 2.23. The van der Waals surface area contributed by atoms with Crippen molar-refractivity contribution in [3.63, 3.8) is 0 Å². The normalized spacial score (nSPS) is 12.4. The van der Waals surface area contributed by atoms with Gasteiger partial charge in [0.1, 0.15) is 0 Å². The van der Waals surface area contributed by atoms with Crippen LogP contribution in [0.15, 0.2) is 36.4 Å². The first-order valence-corrected chi connectivity index (χ1v) is 6.03. The molecule has 2 N–H and O–H groups in total. The van der Waals surface area contributed by atoms with E-state index in [9.17, 15) is 0 Å². The molecular formula is C15H23N. The molecule has 0 bridgehead atoms. The van der Waals surface area contributed by atoms with E-state index >= 15 is 0 Å². The molecule has 16 heavy (non-hydrogen) atoms. The minimum atomic E-state index is 0.303. The van der Waals surface area contributed by atoms with Crippen molar-refractivity contribution >= 4 is 0 Å². The predicted molar refractivity (Wildman–Crippen MR) is 71.5 cm³/mol. The second kappa shape index (κ2) is 6.49. The molecule has 1 nitrogen and oxygen atoms in total. The van der Waals surface area contributed by atoms with Crippen molar-refractivity contribution in [1.29, 1.82) is 0 Å². The van der Waals surface area contributed by atoms with Crippen molar-refractivity contribution in [3.05, 3.63) is 47.5 Å². The van der Waals surface area contributed by atoms with E-state index in [4.69, 9.17) is 5.73 Å². The molecule has 1 aromatic rings. The van der Waals surface area contributed by atoms with E-state index in [-0.39, 0.29) is 0 Å². The lowest BCUT2D eigenvalue weighted by Crippen LogP contribution is -2.20. The van der Waals surface area contributed by atoms with Crippen LogP contribution in [0, 0.1) is 6.92 Å². The molecule has 1 aromatic carbocycles. The lowest BCUT2D eigenvalue weighted by Gasteiger charge is -2.11. The molecule has 0 radical (unpaired) electrons. The SMILES string of the molecule is C=C(C)CCC(N)CCc1cccc(C)c1. The zero-order chi connectivity index (χ0) is 12.0. The molecule has 1 atom stereocenters. The lowest BCUT2D eigenvalue weighted by atomic mass is 10.00. The van der Waals surface area contributed by atoms with Gasteiger partial charge in [-0.25, -0.2) is 0 Å². The van der Waals surface area contributed by atoms with Crippen molar-refractivity contribution in [1.82, 2.24) is 0 Å². The summed E-state index contributed by atoms with van der Waals surface area (Å²) in [6.07, 6.45) is 4.26. The highest BCUT2D eigenvalue weighted by molar-refractivity contribution is 5.22. The van der Waals surface area contributed by atoms with Gasteiger partial charge in [0.2, 0.25) is 0 Å². The molecule has 0 saturated carbocycles. The maximum absolute atomic E-state index is 6.07. The Kier molecular flexibility index (Phi) is 5.27. The summed E-state index contributed by atoms with van der Waals surface area (Å²) >= 11 is 0. The summed E-state index contributed by atoms with van der Waals surface area (Å²) in [6.45, 7) is 8.09. The van der Waals surface area contributed by atoms with Gasteiger partial charge in [0.25, 0.3) is 0 Å². The third-order valence-electron chi connectivity index (χ3n) is 2.83. The van der Waals surface area contributed by atoms with Gasteiger partial charge < -0.3 is 5.73 Å². The first-order chi connectivity index (χ1) is 7.58. The van der Waals surface area contributed by atoms with E-state index in [1.54, 1.807) is 0 Å². The molecule has 0 spiro atoms. The summed E-state index contributed by atoms with van der Waals surface area (Å²) in [5.74, 6) is 0. The van der Waals surface area contributed by atoms with Crippen molar-refractivity contribution in [3.8, 4) is 0 Å². The van der Waals surface area contributed by atoms with Crippen LogP contribution in [0.5, 0.6) is 0 Å². The van der Waals surface area contributed by atoms with E-state index in [0.29, 0.717) is 6.04 Å². The van der Waals surface area contributed by atoms with Gasteiger partial charge in [-0.2, -0.15) is 0 Å². The third-order valence-corrected chi connectivity index (χ3v) is 2.83. The molecule has 0 heterocycles. The van der Waals surface area contributed by atoms with Crippen LogP contribution in [-0.4, -0.2) is 6.04 Å². The zero-order valence-electron chi connectivity index (χ0n) is 10.5. The topological polar surface area (TPSA) is 26.0 Å². The Hall–Kier alpha value is -1.08. The van der Waals surface area contributed by atoms with Gasteiger partial charge in [-0.3, -0.25) is 0 Å². The monoisotopic (exact) mass is 217 g/mol. The van der Waals surface area contributed by atoms with Gasteiger partial charge in [0.05, 0.1) is 0 Å². The highest BCUT2D eigenvalue weighted by Gasteiger charge is 2.03. The van der Waals surface area contributed by atoms with Crippen molar-refractivity contribution in [2.45, 2.75) is 45.6 Å². The number of nitrogens with two attached hydrogens (primary N) is 1. The number of benzene rings is 1. The molecule has 1 rings (SSSR count). The molecule has 0 aliphatic rings. The van der Waals surface area contributed by atoms with E-state index in [1.165, 1.54) is 16.7 Å². The summed E-state index contributed by atoms with van der Waals surface area (Å²) in [4.78, 5) is 0. The van der Waals surface area contributed by atoms with Crippen LogP contribution in [0.3, 0.4) is 0 Å². The maximum atomic E-state index is 6.07. The molecule has 1 heteroatoms. The molecule has 1 unspecified atom stereocenters.